The summed E-state index contributed by atoms with van der Waals surface area (Å²) in [6, 6.07) is 2.82. The maximum atomic E-state index is 12.8. The van der Waals surface area contributed by atoms with Gasteiger partial charge >= 0.3 is 5.97 Å². The zero-order valence-corrected chi connectivity index (χ0v) is 16.9. The Bertz CT molecular complexity index is 669. The first-order valence-corrected chi connectivity index (χ1v) is 11.5. The number of amides is 1. The van der Waals surface area contributed by atoms with Crippen LogP contribution in [-0.4, -0.2) is 47.8 Å². The lowest BCUT2D eigenvalue weighted by Crippen LogP contribution is -2.61. The van der Waals surface area contributed by atoms with Crippen molar-refractivity contribution in [3.05, 3.63) is 29.6 Å². The highest BCUT2D eigenvalue weighted by molar-refractivity contribution is 6.74. The zero-order chi connectivity index (χ0) is 19.0. The second-order valence-corrected chi connectivity index (χ2v) is 13.1. The predicted octanol–water partition coefficient (Wildman–Crippen LogP) is 3.15. The molecular weight excluding hydrogens is 336 g/mol. The van der Waals surface area contributed by atoms with Gasteiger partial charge < -0.3 is 14.4 Å². The predicted molar refractivity (Wildman–Crippen MR) is 97.8 cm³/mol. The van der Waals surface area contributed by atoms with E-state index < -0.39 is 20.3 Å². The number of carboxylic acid groups (broad SMARTS) is 1. The molecule has 1 aromatic rings. The summed E-state index contributed by atoms with van der Waals surface area (Å²) in [5.41, 5.74) is 1.00. The summed E-state index contributed by atoms with van der Waals surface area (Å²) in [5, 5.41) is 9.38. The Hall–Kier alpha value is -1.73. The van der Waals surface area contributed by atoms with Gasteiger partial charge in [0.25, 0.3) is 5.91 Å². The largest absolute Gasteiger partial charge is 0.480 e. The minimum Gasteiger partial charge on any atom is -0.480 e. The van der Waals surface area contributed by atoms with E-state index in [-0.39, 0.29) is 16.9 Å². The summed E-state index contributed by atoms with van der Waals surface area (Å²) in [6.45, 7) is 13.4. The van der Waals surface area contributed by atoms with Gasteiger partial charge in [0.05, 0.1) is 6.61 Å². The summed E-state index contributed by atoms with van der Waals surface area (Å²) in [5.74, 6) is -1.35. The number of likely N-dealkylation sites (tertiary alicyclic amines) is 1. The third kappa shape index (κ3) is 3.93. The van der Waals surface area contributed by atoms with Gasteiger partial charge in [-0.3, -0.25) is 9.78 Å². The van der Waals surface area contributed by atoms with Gasteiger partial charge in [-0.1, -0.05) is 33.8 Å². The molecular formula is C18H28N2O4Si. The maximum Gasteiger partial charge on any atom is 0.326 e. The van der Waals surface area contributed by atoms with E-state index in [4.69, 9.17) is 4.43 Å². The van der Waals surface area contributed by atoms with E-state index in [0.717, 1.165) is 0 Å². The average molecular weight is 365 g/mol. The zero-order valence-electron chi connectivity index (χ0n) is 15.9. The molecule has 2 atom stereocenters. The molecule has 1 saturated heterocycles. The van der Waals surface area contributed by atoms with Crippen LogP contribution in [0.4, 0.5) is 0 Å². The number of aromatic nitrogens is 1. The van der Waals surface area contributed by atoms with Crippen LogP contribution in [0.1, 0.15) is 43.7 Å². The van der Waals surface area contributed by atoms with Crippen molar-refractivity contribution in [1.82, 2.24) is 9.88 Å². The van der Waals surface area contributed by atoms with Crippen molar-refractivity contribution in [1.29, 1.82) is 0 Å². The van der Waals surface area contributed by atoms with E-state index in [1.807, 2.05) is 13.0 Å². The molecule has 138 valence electrons. The Kier molecular flexibility index (Phi) is 5.39. The molecule has 0 unspecified atom stereocenters. The third-order valence-electron chi connectivity index (χ3n) is 5.36. The normalized spacial score (nSPS) is 21.0. The van der Waals surface area contributed by atoms with Crippen LogP contribution in [0.3, 0.4) is 0 Å². The lowest BCUT2D eigenvalue weighted by molar-refractivity contribution is -0.149. The van der Waals surface area contributed by atoms with Crippen LogP contribution in [0.25, 0.3) is 0 Å². The highest BCUT2D eigenvalue weighted by Gasteiger charge is 2.45. The monoisotopic (exact) mass is 364 g/mol. The Labute approximate surface area is 150 Å². The summed E-state index contributed by atoms with van der Waals surface area (Å²) < 4.78 is 6.21. The molecule has 25 heavy (non-hydrogen) atoms. The second kappa shape index (κ2) is 6.88. The standard InChI is InChI=1S/C18H28N2O4Si/c1-12-10-20(15(12)17(22)23)16(21)14-13(8-7-9-19-14)11-24-25(5,6)18(2,3)4/h7-9,12,15H,10-11H2,1-6H3,(H,22,23)/t12-,15-/m1/s1. The van der Waals surface area contributed by atoms with E-state index >= 15 is 0 Å². The quantitative estimate of drug-likeness (QED) is 0.812. The van der Waals surface area contributed by atoms with E-state index in [9.17, 15) is 14.7 Å². The molecule has 0 aromatic carbocycles. The highest BCUT2D eigenvalue weighted by Crippen LogP contribution is 2.37. The first-order chi connectivity index (χ1) is 11.5. The van der Waals surface area contributed by atoms with Crippen molar-refractivity contribution in [2.24, 2.45) is 5.92 Å². The lowest BCUT2D eigenvalue weighted by atomic mass is 9.89. The number of carbonyl (C=O) groups excluding carboxylic acids is 1. The number of aliphatic carboxylic acids is 1. The molecule has 6 nitrogen and oxygen atoms in total. The minimum atomic E-state index is -1.96. The number of hydrogen-bond donors (Lipinski definition) is 1. The molecule has 0 saturated carbocycles. The Morgan fingerprint density at radius 1 is 1.40 bits per heavy atom. The molecule has 1 N–H and O–H groups in total. The van der Waals surface area contributed by atoms with Gasteiger partial charge in [-0.2, -0.15) is 0 Å². The molecule has 1 amide bonds. The molecule has 0 bridgehead atoms. The van der Waals surface area contributed by atoms with Crippen molar-refractivity contribution in [2.45, 2.75) is 58.5 Å². The molecule has 2 heterocycles. The van der Waals surface area contributed by atoms with Crippen molar-refractivity contribution >= 4 is 20.2 Å². The number of carbonyl (C=O) groups is 2. The van der Waals surface area contributed by atoms with Gasteiger partial charge in [-0.15, -0.1) is 0 Å². The first-order valence-electron chi connectivity index (χ1n) is 8.57. The summed E-state index contributed by atoms with van der Waals surface area (Å²) in [6.07, 6.45) is 1.56. The van der Waals surface area contributed by atoms with Crippen LogP contribution in [0.15, 0.2) is 18.3 Å². The number of rotatable bonds is 5. The number of carboxylic acids is 1. The Balaban J connectivity index is 2.19. The fourth-order valence-corrected chi connectivity index (χ4v) is 3.59. The van der Waals surface area contributed by atoms with Gasteiger partial charge in [0.2, 0.25) is 0 Å². The summed E-state index contributed by atoms with van der Waals surface area (Å²) >= 11 is 0. The van der Waals surface area contributed by atoms with Crippen LogP contribution >= 0.6 is 0 Å². The molecule has 7 heteroatoms. The lowest BCUT2D eigenvalue weighted by Gasteiger charge is -2.43. The van der Waals surface area contributed by atoms with Gasteiger partial charge in [0, 0.05) is 24.2 Å². The first kappa shape index (κ1) is 19.6. The molecule has 1 aliphatic rings. The van der Waals surface area contributed by atoms with Gasteiger partial charge in [-0.25, -0.2) is 4.79 Å². The van der Waals surface area contributed by atoms with Gasteiger partial charge in [-0.05, 0) is 24.2 Å². The molecule has 2 rings (SSSR count). The van der Waals surface area contributed by atoms with Crippen LogP contribution in [0.2, 0.25) is 18.1 Å². The highest BCUT2D eigenvalue weighted by atomic mass is 28.4. The molecule has 0 radical (unpaired) electrons. The maximum absolute atomic E-state index is 12.8. The van der Waals surface area contributed by atoms with Crippen LogP contribution in [0.5, 0.6) is 0 Å². The minimum absolute atomic E-state index is 0.0444. The molecule has 0 aliphatic carbocycles. The van der Waals surface area contributed by atoms with Gasteiger partial charge in [0.15, 0.2) is 8.32 Å². The SMILES string of the molecule is C[C@@H]1CN(C(=O)c2ncccc2CO[Si](C)(C)C(C)(C)C)[C@H]1C(=O)O. The summed E-state index contributed by atoms with van der Waals surface area (Å²) in [7, 11) is -1.96. The van der Waals surface area contributed by atoms with Crippen molar-refractivity contribution in [3.63, 3.8) is 0 Å². The van der Waals surface area contributed by atoms with E-state index in [1.165, 1.54) is 4.90 Å². The van der Waals surface area contributed by atoms with E-state index in [1.54, 1.807) is 12.3 Å². The topological polar surface area (TPSA) is 79.7 Å². The van der Waals surface area contributed by atoms with Crippen molar-refractivity contribution in [3.8, 4) is 0 Å². The molecule has 1 aliphatic heterocycles. The van der Waals surface area contributed by atoms with Crippen LogP contribution < -0.4 is 0 Å². The van der Waals surface area contributed by atoms with Gasteiger partial charge in [0.1, 0.15) is 11.7 Å². The second-order valence-electron chi connectivity index (χ2n) is 8.28. The Morgan fingerprint density at radius 3 is 2.56 bits per heavy atom. The average Bonchev–Trinajstić information content (AvgIpc) is 2.48. The number of pyridine rings is 1. The number of nitrogens with zero attached hydrogens (tertiary/aromatic N) is 2. The smallest absolute Gasteiger partial charge is 0.326 e. The molecule has 1 aromatic heterocycles. The van der Waals surface area contributed by atoms with E-state index in [2.05, 4.69) is 38.8 Å². The number of hydrogen-bond acceptors (Lipinski definition) is 4. The molecule has 1 fully saturated rings. The van der Waals surface area contributed by atoms with Crippen molar-refractivity contribution in [2.75, 3.05) is 6.54 Å². The fraction of sp³-hybridized carbons (Fsp3) is 0.611. The fourth-order valence-electron chi connectivity index (χ4n) is 2.64. The van der Waals surface area contributed by atoms with E-state index in [0.29, 0.717) is 24.4 Å². The third-order valence-corrected chi connectivity index (χ3v) is 9.84. The van der Waals surface area contributed by atoms with Crippen LogP contribution in [-0.2, 0) is 15.8 Å². The van der Waals surface area contributed by atoms with Crippen LogP contribution in [0, 0.1) is 5.92 Å². The Morgan fingerprint density at radius 2 is 2.04 bits per heavy atom. The summed E-state index contributed by atoms with van der Waals surface area (Å²) in [4.78, 5) is 29.7. The van der Waals surface area contributed by atoms with Crippen molar-refractivity contribution < 1.29 is 19.1 Å². The molecule has 0 spiro atoms.